The quantitative estimate of drug-likeness (QED) is 0.645. The van der Waals surface area contributed by atoms with Crippen LogP contribution in [0.15, 0.2) is 39.7 Å². The van der Waals surface area contributed by atoms with Gasteiger partial charge in [-0.1, -0.05) is 6.07 Å². The molecule has 8 heteroatoms. The number of hydrogen-bond donors (Lipinski definition) is 1. The van der Waals surface area contributed by atoms with Crippen molar-refractivity contribution in [2.75, 3.05) is 5.32 Å². The lowest BCUT2D eigenvalue weighted by atomic mass is 10.2. The molecule has 21 heavy (non-hydrogen) atoms. The van der Waals surface area contributed by atoms with Crippen molar-refractivity contribution in [3.8, 4) is 0 Å². The summed E-state index contributed by atoms with van der Waals surface area (Å²) in [6, 6.07) is 6.14. The number of halogens is 3. The van der Waals surface area contributed by atoms with E-state index in [9.17, 15) is 9.18 Å². The van der Waals surface area contributed by atoms with Gasteiger partial charge in [-0.3, -0.25) is 4.79 Å². The van der Waals surface area contributed by atoms with Gasteiger partial charge in [0.1, 0.15) is 15.0 Å². The fraction of sp³-hybridized carbons (Fsp3) is 0. The maximum Gasteiger partial charge on any atom is 0.266 e. The summed E-state index contributed by atoms with van der Waals surface area (Å²) in [6.07, 6.45) is 1.49. The number of anilines is 1. The predicted molar refractivity (Wildman–Crippen MR) is 87.2 cm³/mol. The van der Waals surface area contributed by atoms with E-state index >= 15 is 0 Å². The third kappa shape index (κ3) is 3.12. The van der Waals surface area contributed by atoms with E-state index < -0.39 is 0 Å². The smallest absolute Gasteiger partial charge is 0.266 e. The monoisotopic (exact) mass is 429 g/mol. The summed E-state index contributed by atoms with van der Waals surface area (Å²) in [5.41, 5.74) is 0. The highest BCUT2D eigenvalue weighted by atomic mass is 79.9. The Bertz CT molecular complexity index is 853. The fourth-order valence-corrected chi connectivity index (χ4v) is 3.61. The highest BCUT2D eigenvalue weighted by Gasteiger charge is 2.14. The number of nitrogens with zero attached hydrogens (tertiary/aromatic N) is 2. The van der Waals surface area contributed by atoms with Gasteiger partial charge in [-0.15, -0.1) is 11.3 Å². The first kappa shape index (κ1) is 14.6. The van der Waals surface area contributed by atoms with Crippen LogP contribution < -0.4 is 5.32 Å². The average molecular weight is 431 g/mol. The predicted octanol–water partition coefficient (Wildman–Crippen LogP) is 4.61. The molecule has 1 amide bonds. The van der Waals surface area contributed by atoms with Gasteiger partial charge in [0.25, 0.3) is 5.91 Å². The van der Waals surface area contributed by atoms with Crippen LogP contribution in [-0.4, -0.2) is 15.9 Å². The topological polar surface area (TPSA) is 54.9 Å². The van der Waals surface area contributed by atoms with E-state index in [4.69, 9.17) is 0 Å². The zero-order chi connectivity index (χ0) is 15.0. The Morgan fingerprint density at radius 2 is 2.10 bits per heavy atom. The molecular formula is C13H6Br2FN3OS. The van der Waals surface area contributed by atoms with Crippen molar-refractivity contribution in [1.29, 1.82) is 0 Å². The summed E-state index contributed by atoms with van der Waals surface area (Å²) >= 11 is 7.64. The van der Waals surface area contributed by atoms with Crippen LogP contribution >= 0.6 is 43.2 Å². The molecule has 0 aliphatic rings. The number of hydrogen-bond acceptors (Lipinski definition) is 4. The normalized spacial score (nSPS) is 10.8. The van der Waals surface area contributed by atoms with E-state index in [-0.39, 0.29) is 11.7 Å². The van der Waals surface area contributed by atoms with Crippen molar-refractivity contribution in [3.63, 3.8) is 0 Å². The first-order chi connectivity index (χ1) is 10.0. The minimum atomic E-state index is -0.321. The second-order valence-electron chi connectivity index (χ2n) is 4.08. The third-order valence-corrected chi connectivity index (χ3v) is 4.67. The van der Waals surface area contributed by atoms with Crippen LogP contribution in [0.4, 0.5) is 10.2 Å². The van der Waals surface area contributed by atoms with Gasteiger partial charge in [0.2, 0.25) is 0 Å². The largest absolute Gasteiger partial charge is 0.304 e. The van der Waals surface area contributed by atoms with Crippen LogP contribution in [0.1, 0.15) is 9.67 Å². The number of thiophene rings is 1. The molecule has 0 aliphatic heterocycles. The van der Waals surface area contributed by atoms with Crippen molar-refractivity contribution in [2.24, 2.45) is 0 Å². The third-order valence-electron chi connectivity index (χ3n) is 2.64. The van der Waals surface area contributed by atoms with Gasteiger partial charge < -0.3 is 5.32 Å². The van der Waals surface area contributed by atoms with E-state index in [1.807, 2.05) is 0 Å². The highest BCUT2D eigenvalue weighted by molar-refractivity contribution is 9.11. The number of fused-ring (bicyclic) bond motifs is 1. The van der Waals surface area contributed by atoms with E-state index in [0.717, 1.165) is 10.1 Å². The van der Waals surface area contributed by atoms with Gasteiger partial charge in [-0.2, -0.15) is 0 Å². The standard InChI is InChI=1S/C13H6Br2FN3OS/c14-10-5-17-12(11(15)18-10)19-13(20)9-3-6-1-2-7(16)4-8(6)21-9/h1-5H,(H,17,19,20). The summed E-state index contributed by atoms with van der Waals surface area (Å²) < 4.78 is 14.9. The lowest BCUT2D eigenvalue weighted by Crippen LogP contribution is -2.12. The summed E-state index contributed by atoms with van der Waals surface area (Å²) in [5.74, 6) is -0.307. The molecule has 0 saturated heterocycles. The minimum Gasteiger partial charge on any atom is -0.304 e. The SMILES string of the molecule is O=C(Nc1ncc(Br)nc1Br)c1cc2ccc(F)cc2s1. The molecule has 2 aromatic heterocycles. The molecule has 0 aliphatic carbocycles. The molecule has 4 nitrogen and oxygen atoms in total. The van der Waals surface area contributed by atoms with Gasteiger partial charge in [-0.25, -0.2) is 14.4 Å². The van der Waals surface area contributed by atoms with Crippen LogP contribution in [0.3, 0.4) is 0 Å². The van der Waals surface area contributed by atoms with Crippen molar-refractivity contribution < 1.29 is 9.18 Å². The van der Waals surface area contributed by atoms with E-state index in [1.165, 1.54) is 29.7 Å². The molecule has 1 aromatic carbocycles. The lowest BCUT2D eigenvalue weighted by molar-refractivity contribution is 0.103. The Hall–Kier alpha value is -1.38. The molecule has 0 unspecified atom stereocenters. The molecule has 0 radical (unpaired) electrons. The number of amides is 1. The van der Waals surface area contributed by atoms with Gasteiger partial charge in [-0.05, 0) is 55.4 Å². The van der Waals surface area contributed by atoms with Crippen molar-refractivity contribution >= 4 is 65.0 Å². The Morgan fingerprint density at radius 1 is 1.29 bits per heavy atom. The molecule has 106 valence electrons. The Labute approximate surface area is 139 Å². The average Bonchev–Trinajstić information content (AvgIpc) is 2.85. The summed E-state index contributed by atoms with van der Waals surface area (Å²) in [5, 5.41) is 3.49. The van der Waals surface area contributed by atoms with Crippen LogP contribution in [0, 0.1) is 5.82 Å². The molecule has 0 fully saturated rings. The van der Waals surface area contributed by atoms with Gasteiger partial charge in [0, 0.05) is 4.70 Å². The lowest BCUT2D eigenvalue weighted by Gasteiger charge is -2.04. The molecular weight excluding hydrogens is 425 g/mol. The van der Waals surface area contributed by atoms with Gasteiger partial charge in [0.05, 0.1) is 11.1 Å². The first-order valence-electron chi connectivity index (χ1n) is 5.71. The van der Waals surface area contributed by atoms with Gasteiger partial charge >= 0.3 is 0 Å². The first-order valence-corrected chi connectivity index (χ1v) is 8.11. The summed E-state index contributed by atoms with van der Waals surface area (Å²) in [6.45, 7) is 0. The number of benzene rings is 1. The number of carbonyl (C=O) groups is 1. The van der Waals surface area contributed by atoms with Crippen molar-refractivity contribution in [3.05, 3.63) is 50.4 Å². The van der Waals surface area contributed by atoms with Crippen molar-refractivity contribution in [1.82, 2.24) is 9.97 Å². The molecule has 2 heterocycles. The Balaban J connectivity index is 1.89. The van der Waals surface area contributed by atoms with Crippen molar-refractivity contribution in [2.45, 2.75) is 0 Å². The van der Waals surface area contributed by atoms with Crippen LogP contribution in [-0.2, 0) is 0 Å². The molecule has 3 rings (SSSR count). The zero-order valence-corrected chi connectivity index (χ0v) is 14.2. The van der Waals surface area contributed by atoms with Crippen LogP contribution in [0.25, 0.3) is 10.1 Å². The van der Waals surface area contributed by atoms with E-state index in [2.05, 4.69) is 47.1 Å². The maximum atomic E-state index is 13.2. The second-order valence-corrected chi connectivity index (χ2v) is 6.73. The van der Waals surface area contributed by atoms with Crippen LogP contribution in [0.2, 0.25) is 0 Å². The van der Waals surface area contributed by atoms with Gasteiger partial charge in [0.15, 0.2) is 5.82 Å². The maximum absolute atomic E-state index is 13.2. The minimum absolute atomic E-state index is 0.311. The molecule has 0 bridgehead atoms. The van der Waals surface area contributed by atoms with E-state index in [0.29, 0.717) is 19.9 Å². The number of rotatable bonds is 2. The highest BCUT2D eigenvalue weighted by Crippen LogP contribution is 2.27. The number of nitrogens with one attached hydrogen (secondary N) is 1. The summed E-state index contributed by atoms with van der Waals surface area (Å²) in [4.78, 5) is 20.8. The Morgan fingerprint density at radius 3 is 2.86 bits per heavy atom. The number of aromatic nitrogens is 2. The molecule has 0 spiro atoms. The Kier molecular flexibility index (Phi) is 4.01. The molecule has 0 atom stereocenters. The van der Waals surface area contributed by atoms with E-state index in [1.54, 1.807) is 12.1 Å². The second kappa shape index (κ2) is 5.78. The zero-order valence-electron chi connectivity index (χ0n) is 10.2. The summed E-state index contributed by atoms with van der Waals surface area (Å²) in [7, 11) is 0. The molecule has 1 N–H and O–H groups in total. The number of carbonyl (C=O) groups excluding carboxylic acids is 1. The van der Waals surface area contributed by atoms with Crippen LogP contribution in [0.5, 0.6) is 0 Å². The molecule has 0 saturated carbocycles. The molecule has 3 aromatic rings. The fourth-order valence-electron chi connectivity index (χ4n) is 1.72.